The average molecular weight is 212 g/mol. The Labute approximate surface area is 78.5 Å². The van der Waals surface area contributed by atoms with E-state index in [-0.39, 0.29) is 31.5 Å². The van der Waals surface area contributed by atoms with E-state index < -0.39 is 10.1 Å². The van der Waals surface area contributed by atoms with E-state index in [4.69, 9.17) is 14.4 Å². The zero-order valence-corrected chi connectivity index (χ0v) is 8.46. The molecule has 2 N–H and O–H groups in total. The molecular formula is C7H16O5S. The van der Waals surface area contributed by atoms with Crippen LogP contribution in [-0.2, 0) is 14.9 Å². The Morgan fingerprint density at radius 3 is 2.54 bits per heavy atom. The Bertz CT molecular complexity index is 211. The minimum atomic E-state index is -3.86. The Kier molecular flexibility index (Phi) is 6.23. The molecule has 5 nitrogen and oxygen atoms in total. The number of hydrogen-bond acceptors (Lipinski definition) is 4. The molecule has 0 spiro atoms. The lowest BCUT2D eigenvalue weighted by Crippen LogP contribution is -2.13. The van der Waals surface area contributed by atoms with Gasteiger partial charge in [-0.25, -0.2) is 0 Å². The van der Waals surface area contributed by atoms with Crippen molar-refractivity contribution in [1.29, 1.82) is 0 Å². The van der Waals surface area contributed by atoms with Gasteiger partial charge in [0.15, 0.2) is 0 Å². The first-order valence-corrected chi connectivity index (χ1v) is 5.74. The number of aliphatic hydroxyl groups is 1. The van der Waals surface area contributed by atoms with E-state index in [1.165, 1.54) is 0 Å². The van der Waals surface area contributed by atoms with Crippen LogP contribution in [0.2, 0.25) is 0 Å². The van der Waals surface area contributed by atoms with E-state index >= 15 is 0 Å². The molecule has 0 aromatic rings. The highest BCUT2D eigenvalue weighted by atomic mass is 32.2. The van der Waals surface area contributed by atoms with E-state index in [0.29, 0.717) is 6.42 Å². The highest BCUT2D eigenvalue weighted by Crippen LogP contribution is 1.98. The summed E-state index contributed by atoms with van der Waals surface area (Å²) in [5.74, 6) is -0.279. The van der Waals surface area contributed by atoms with Gasteiger partial charge >= 0.3 is 0 Å². The van der Waals surface area contributed by atoms with Crippen molar-refractivity contribution in [3.63, 3.8) is 0 Å². The van der Waals surface area contributed by atoms with Gasteiger partial charge in [0.25, 0.3) is 10.1 Å². The standard InChI is InChI=1S/C7H16O5S/c1-7(3-4-8)12-5-2-6-13(9,10)11/h7-8H,2-6H2,1H3,(H,9,10,11). The van der Waals surface area contributed by atoms with Crippen molar-refractivity contribution in [3.05, 3.63) is 0 Å². The lowest BCUT2D eigenvalue weighted by molar-refractivity contribution is 0.0486. The molecule has 1 unspecified atom stereocenters. The van der Waals surface area contributed by atoms with Crippen LogP contribution in [0.1, 0.15) is 19.8 Å². The predicted octanol–water partition coefficient (Wildman–Crippen LogP) is 0.0518. The van der Waals surface area contributed by atoms with Crippen molar-refractivity contribution >= 4 is 10.1 Å². The first kappa shape index (κ1) is 12.8. The summed E-state index contributed by atoms with van der Waals surface area (Å²) < 4.78 is 34.0. The van der Waals surface area contributed by atoms with E-state index in [1.54, 1.807) is 6.92 Å². The highest BCUT2D eigenvalue weighted by Gasteiger charge is 2.05. The molecule has 0 aliphatic heterocycles. The molecule has 0 aromatic carbocycles. The average Bonchev–Trinajstić information content (AvgIpc) is 1.97. The first-order valence-electron chi connectivity index (χ1n) is 4.13. The third kappa shape index (κ3) is 9.75. The molecule has 0 heterocycles. The summed E-state index contributed by atoms with van der Waals surface area (Å²) in [7, 11) is -3.86. The van der Waals surface area contributed by atoms with Gasteiger partial charge < -0.3 is 9.84 Å². The molecule has 6 heteroatoms. The second-order valence-corrected chi connectivity index (χ2v) is 4.41. The fourth-order valence-corrected chi connectivity index (χ4v) is 1.27. The van der Waals surface area contributed by atoms with Gasteiger partial charge in [-0.05, 0) is 19.8 Å². The summed E-state index contributed by atoms with van der Waals surface area (Å²) in [6.45, 7) is 2.13. The summed E-state index contributed by atoms with van der Waals surface area (Å²) in [5, 5.41) is 8.51. The van der Waals surface area contributed by atoms with Crippen molar-refractivity contribution in [3.8, 4) is 0 Å². The Morgan fingerprint density at radius 1 is 1.46 bits per heavy atom. The molecule has 13 heavy (non-hydrogen) atoms. The Balaban J connectivity index is 3.36. The lowest BCUT2D eigenvalue weighted by atomic mass is 10.3. The molecular weight excluding hydrogens is 196 g/mol. The van der Waals surface area contributed by atoms with Gasteiger partial charge in [0.2, 0.25) is 0 Å². The number of ether oxygens (including phenoxy) is 1. The first-order chi connectivity index (χ1) is 5.95. The SMILES string of the molecule is CC(CCO)OCCCS(=O)(=O)O. The summed E-state index contributed by atoms with van der Waals surface area (Å²) in [6, 6.07) is 0. The topological polar surface area (TPSA) is 83.8 Å². The molecule has 0 saturated carbocycles. The van der Waals surface area contributed by atoms with Crippen LogP contribution < -0.4 is 0 Å². The van der Waals surface area contributed by atoms with Crippen molar-refractivity contribution < 1.29 is 22.8 Å². The maximum absolute atomic E-state index is 10.3. The zero-order chi connectivity index (χ0) is 10.3. The summed E-state index contributed by atoms with van der Waals surface area (Å²) in [4.78, 5) is 0. The van der Waals surface area contributed by atoms with Crippen LogP contribution in [0.4, 0.5) is 0 Å². The molecule has 0 radical (unpaired) electrons. The zero-order valence-electron chi connectivity index (χ0n) is 7.64. The van der Waals surface area contributed by atoms with Crippen LogP contribution in [0, 0.1) is 0 Å². The molecule has 0 bridgehead atoms. The maximum Gasteiger partial charge on any atom is 0.264 e. The molecule has 0 aliphatic rings. The number of hydrogen-bond donors (Lipinski definition) is 2. The summed E-state index contributed by atoms with van der Waals surface area (Å²) >= 11 is 0. The summed E-state index contributed by atoms with van der Waals surface area (Å²) in [5.41, 5.74) is 0. The number of aliphatic hydroxyl groups excluding tert-OH is 1. The molecule has 0 aromatic heterocycles. The second kappa shape index (κ2) is 6.31. The van der Waals surface area contributed by atoms with Crippen molar-refractivity contribution in [2.24, 2.45) is 0 Å². The van der Waals surface area contributed by atoms with Gasteiger partial charge in [0.05, 0.1) is 11.9 Å². The van der Waals surface area contributed by atoms with Crippen molar-refractivity contribution in [1.82, 2.24) is 0 Å². The molecule has 80 valence electrons. The smallest absolute Gasteiger partial charge is 0.264 e. The molecule has 0 aliphatic carbocycles. The van der Waals surface area contributed by atoms with Crippen LogP contribution in [0.25, 0.3) is 0 Å². The van der Waals surface area contributed by atoms with Gasteiger partial charge in [-0.15, -0.1) is 0 Å². The van der Waals surface area contributed by atoms with Gasteiger partial charge in [0.1, 0.15) is 0 Å². The Morgan fingerprint density at radius 2 is 2.08 bits per heavy atom. The minimum Gasteiger partial charge on any atom is -0.396 e. The van der Waals surface area contributed by atoms with E-state index in [9.17, 15) is 8.42 Å². The molecule has 0 rings (SSSR count). The predicted molar refractivity (Wildman–Crippen MR) is 48.1 cm³/mol. The quantitative estimate of drug-likeness (QED) is 0.460. The third-order valence-electron chi connectivity index (χ3n) is 1.48. The van der Waals surface area contributed by atoms with Crippen molar-refractivity contribution in [2.75, 3.05) is 19.0 Å². The highest BCUT2D eigenvalue weighted by molar-refractivity contribution is 7.85. The van der Waals surface area contributed by atoms with E-state index in [2.05, 4.69) is 0 Å². The fraction of sp³-hybridized carbons (Fsp3) is 1.00. The third-order valence-corrected chi connectivity index (χ3v) is 2.29. The monoisotopic (exact) mass is 212 g/mol. The molecule has 1 atom stereocenters. The van der Waals surface area contributed by atoms with Crippen LogP contribution in [0.3, 0.4) is 0 Å². The van der Waals surface area contributed by atoms with Gasteiger partial charge in [-0.2, -0.15) is 8.42 Å². The normalized spacial score (nSPS) is 14.4. The van der Waals surface area contributed by atoms with Crippen LogP contribution in [0.15, 0.2) is 0 Å². The fourth-order valence-electron chi connectivity index (χ4n) is 0.791. The maximum atomic E-state index is 10.3. The van der Waals surface area contributed by atoms with Crippen LogP contribution in [-0.4, -0.2) is 43.1 Å². The molecule has 0 amide bonds. The van der Waals surface area contributed by atoms with E-state index in [1.807, 2.05) is 0 Å². The number of rotatable bonds is 7. The lowest BCUT2D eigenvalue weighted by Gasteiger charge is -2.10. The minimum absolute atomic E-state index is 0.0550. The second-order valence-electron chi connectivity index (χ2n) is 2.83. The summed E-state index contributed by atoms with van der Waals surface area (Å²) in [6.07, 6.45) is 0.729. The van der Waals surface area contributed by atoms with Gasteiger partial charge in [0, 0.05) is 13.2 Å². The molecule has 0 fully saturated rings. The van der Waals surface area contributed by atoms with Gasteiger partial charge in [-0.3, -0.25) is 4.55 Å². The largest absolute Gasteiger partial charge is 0.396 e. The van der Waals surface area contributed by atoms with Crippen molar-refractivity contribution in [2.45, 2.75) is 25.9 Å². The van der Waals surface area contributed by atoms with E-state index in [0.717, 1.165) is 0 Å². The van der Waals surface area contributed by atoms with Gasteiger partial charge in [-0.1, -0.05) is 0 Å². The molecule has 0 saturated heterocycles. The Hall–Kier alpha value is -0.170. The van der Waals surface area contributed by atoms with Crippen LogP contribution >= 0.6 is 0 Å². The van der Waals surface area contributed by atoms with Crippen LogP contribution in [0.5, 0.6) is 0 Å².